The van der Waals surface area contributed by atoms with E-state index in [-0.39, 0.29) is 22.7 Å². The van der Waals surface area contributed by atoms with Gasteiger partial charge in [0.05, 0.1) is 33.7 Å². The number of hydrogen-bond donors (Lipinski definition) is 1. The molecule has 0 saturated heterocycles. The zero-order valence-electron chi connectivity index (χ0n) is 19.0. The molecule has 33 heavy (non-hydrogen) atoms. The van der Waals surface area contributed by atoms with Gasteiger partial charge >= 0.3 is 6.18 Å². The molecule has 178 valence electrons. The Morgan fingerprint density at radius 1 is 1.06 bits per heavy atom. The minimum absolute atomic E-state index is 0.175. The fourth-order valence-electron chi connectivity index (χ4n) is 6.68. The molecule has 4 fully saturated rings. The van der Waals surface area contributed by atoms with Gasteiger partial charge in [-0.1, -0.05) is 32.4 Å². The Bertz CT molecular complexity index is 1060. The third-order valence-corrected chi connectivity index (χ3v) is 8.08. The number of amides is 1. The molecule has 4 aliphatic carbocycles. The molecule has 4 aliphatic rings. The van der Waals surface area contributed by atoms with Gasteiger partial charge in [0.1, 0.15) is 0 Å². The molecule has 6 rings (SSSR count). The maximum absolute atomic E-state index is 13.5. The number of nitrogens with zero attached hydrogens (tertiary/aromatic N) is 2. The van der Waals surface area contributed by atoms with E-state index in [4.69, 9.17) is 11.6 Å². The van der Waals surface area contributed by atoms with Crippen molar-refractivity contribution in [2.24, 2.45) is 23.7 Å². The fourth-order valence-corrected chi connectivity index (χ4v) is 6.91. The summed E-state index contributed by atoms with van der Waals surface area (Å²) in [4.78, 5) is 13.5. The highest BCUT2D eigenvalue weighted by molar-refractivity contribution is 6.31. The summed E-state index contributed by atoms with van der Waals surface area (Å²) in [5, 5.41) is 7.30. The molecule has 0 unspecified atom stereocenters. The van der Waals surface area contributed by atoms with Crippen molar-refractivity contribution in [3.8, 4) is 5.69 Å². The number of hydrogen-bond acceptors (Lipinski definition) is 2. The van der Waals surface area contributed by atoms with Crippen LogP contribution in [0.1, 0.15) is 74.5 Å². The molecule has 8 heteroatoms. The molecule has 4 nitrogen and oxygen atoms in total. The Morgan fingerprint density at radius 3 is 2.21 bits per heavy atom. The van der Waals surface area contributed by atoms with E-state index in [0.717, 1.165) is 17.9 Å². The van der Waals surface area contributed by atoms with E-state index in [9.17, 15) is 18.0 Å². The first kappa shape index (κ1) is 22.8. The van der Waals surface area contributed by atoms with E-state index >= 15 is 0 Å². The van der Waals surface area contributed by atoms with Crippen LogP contribution in [-0.4, -0.2) is 21.7 Å². The summed E-state index contributed by atoms with van der Waals surface area (Å²) < 4.78 is 41.8. The number of carbonyl (C=O) groups excluding carboxylic acids is 1. The zero-order valence-corrected chi connectivity index (χ0v) is 19.8. The zero-order chi connectivity index (χ0) is 23.7. The van der Waals surface area contributed by atoms with E-state index in [1.54, 1.807) is 0 Å². The third kappa shape index (κ3) is 4.07. The second-order valence-corrected chi connectivity index (χ2v) is 11.6. The summed E-state index contributed by atoms with van der Waals surface area (Å²) in [6.07, 6.45) is 3.00. The number of halogens is 4. The van der Waals surface area contributed by atoms with Gasteiger partial charge in [-0.05, 0) is 74.0 Å². The number of nitrogens with one attached hydrogen (secondary N) is 1. The summed E-state index contributed by atoms with van der Waals surface area (Å²) in [6, 6.07) is 3.89. The minimum Gasteiger partial charge on any atom is -0.349 e. The maximum atomic E-state index is 13.5. The van der Waals surface area contributed by atoms with Crippen LogP contribution in [0.25, 0.3) is 5.69 Å². The van der Waals surface area contributed by atoms with Gasteiger partial charge in [-0.15, -0.1) is 0 Å². The lowest BCUT2D eigenvalue weighted by molar-refractivity contribution is -0.137. The van der Waals surface area contributed by atoms with Gasteiger partial charge in [-0.2, -0.15) is 18.3 Å². The molecule has 0 radical (unpaired) electrons. The molecule has 1 aromatic heterocycles. The second kappa shape index (κ2) is 7.76. The Balaban J connectivity index is 1.48. The topological polar surface area (TPSA) is 46.9 Å². The summed E-state index contributed by atoms with van der Waals surface area (Å²) in [6.45, 7) is 5.79. The molecule has 4 saturated carbocycles. The molecule has 1 N–H and O–H groups in total. The van der Waals surface area contributed by atoms with Crippen LogP contribution in [-0.2, 0) is 11.6 Å². The molecule has 1 heterocycles. The van der Waals surface area contributed by atoms with Crippen molar-refractivity contribution in [2.75, 3.05) is 0 Å². The van der Waals surface area contributed by atoms with Crippen molar-refractivity contribution in [3.05, 3.63) is 46.2 Å². The summed E-state index contributed by atoms with van der Waals surface area (Å²) in [5.41, 5.74) is -0.216. The first-order valence-electron chi connectivity index (χ1n) is 11.7. The van der Waals surface area contributed by atoms with Crippen LogP contribution < -0.4 is 5.32 Å². The van der Waals surface area contributed by atoms with Crippen LogP contribution in [0.4, 0.5) is 13.2 Å². The van der Waals surface area contributed by atoms with Gasteiger partial charge in [0.25, 0.3) is 5.91 Å². The third-order valence-electron chi connectivity index (χ3n) is 7.75. The van der Waals surface area contributed by atoms with Gasteiger partial charge in [-0.3, -0.25) is 4.79 Å². The standard InChI is InChI=1S/C25H29ClF3N3O/c1-24(2,3)22-18(12-30-32(22)17-4-5-20(26)19(11-17)25(27,28)29)23(33)31-21-15-7-13-6-14(9-15)10-16(21)8-13/h4-5,11-16,21H,6-10H2,1-3H3,(H,31,33). The van der Waals surface area contributed by atoms with Gasteiger partial charge in [0.15, 0.2) is 0 Å². The van der Waals surface area contributed by atoms with Crippen molar-refractivity contribution >= 4 is 17.5 Å². The predicted octanol–water partition coefficient (Wildman–Crippen LogP) is 6.40. The van der Waals surface area contributed by atoms with Crippen LogP contribution in [0.15, 0.2) is 24.4 Å². The summed E-state index contributed by atoms with van der Waals surface area (Å²) >= 11 is 5.81. The van der Waals surface area contributed by atoms with Crippen molar-refractivity contribution < 1.29 is 18.0 Å². The molecular weight excluding hydrogens is 451 g/mol. The quantitative estimate of drug-likeness (QED) is 0.554. The van der Waals surface area contributed by atoms with E-state index in [1.165, 1.54) is 55.1 Å². The van der Waals surface area contributed by atoms with Crippen molar-refractivity contribution in [1.29, 1.82) is 0 Å². The molecule has 0 aliphatic heterocycles. The monoisotopic (exact) mass is 479 g/mol. The van der Waals surface area contributed by atoms with Crippen LogP contribution in [0.2, 0.25) is 5.02 Å². The van der Waals surface area contributed by atoms with Crippen LogP contribution in [0.3, 0.4) is 0 Å². The number of alkyl halides is 3. The average Bonchev–Trinajstić information content (AvgIpc) is 3.15. The lowest BCUT2D eigenvalue weighted by atomic mass is 9.54. The normalized spacial score (nSPS) is 28.9. The first-order chi connectivity index (χ1) is 15.4. The summed E-state index contributed by atoms with van der Waals surface area (Å²) in [7, 11) is 0. The van der Waals surface area contributed by atoms with E-state index < -0.39 is 17.2 Å². The van der Waals surface area contributed by atoms with Crippen molar-refractivity contribution in [1.82, 2.24) is 15.1 Å². The van der Waals surface area contributed by atoms with Crippen LogP contribution in [0.5, 0.6) is 0 Å². The van der Waals surface area contributed by atoms with E-state index in [0.29, 0.717) is 23.1 Å². The number of carbonyl (C=O) groups is 1. The molecule has 0 spiro atoms. The lowest BCUT2D eigenvalue weighted by Gasteiger charge is -2.54. The van der Waals surface area contributed by atoms with Gasteiger partial charge in [-0.25, -0.2) is 4.68 Å². The number of aromatic nitrogens is 2. The number of benzene rings is 1. The molecule has 2 aromatic rings. The molecular formula is C25H29ClF3N3O. The lowest BCUT2D eigenvalue weighted by Crippen LogP contribution is -2.55. The van der Waals surface area contributed by atoms with E-state index in [2.05, 4.69) is 10.4 Å². The largest absolute Gasteiger partial charge is 0.417 e. The second-order valence-electron chi connectivity index (χ2n) is 11.2. The maximum Gasteiger partial charge on any atom is 0.417 e. The van der Waals surface area contributed by atoms with Gasteiger partial charge < -0.3 is 5.32 Å². The average molecular weight is 480 g/mol. The Kier molecular flexibility index (Phi) is 5.35. The number of rotatable bonds is 3. The highest BCUT2D eigenvalue weighted by atomic mass is 35.5. The van der Waals surface area contributed by atoms with Crippen molar-refractivity contribution in [2.45, 2.75) is 70.5 Å². The van der Waals surface area contributed by atoms with E-state index in [1.807, 2.05) is 20.8 Å². The summed E-state index contributed by atoms with van der Waals surface area (Å²) in [5.74, 6) is 2.49. The van der Waals surface area contributed by atoms with Crippen LogP contribution in [0, 0.1) is 23.7 Å². The smallest absolute Gasteiger partial charge is 0.349 e. The first-order valence-corrected chi connectivity index (χ1v) is 12.1. The van der Waals surface area contributed by atoms with Crippen molar-refractivity contribution in [3.63, 3.8) is 0 Å². The Labute approximate surface area is 196 Å². The molecule has 0 atom stereocenters. The Morgan fingerprint density at radius 2 is 1.67 bits per heavy atom. The highest BCUT2D eigenvalue weighted by Gasteiger charge is 2.49. The predicted molar refractivity (Wildman–Crippen MR) is 121 cm³/mol. The molecule has 1 aromatic carbocycles. The van der Waals surface area contributed by atoms with Crippen LogP contribution >= 0.6 is 11.6 Å². The van der Waals surface area contributed by atoms with Gasteiger partial charge in [0, 0.05) is 11.5 Å². The van der Waals surface area contributed by atoms with Gasteiger partial charge in [0.2, 0.25) is 0 Å². The Hall–Kier alpha value is -2.02. The molecule has 1 amide bonds. The highest BCUT2D eigenvalue weighted by Crippen LogP contribution is 2.53. The SMILES string of the molecule is CC(C)(C)c1c(C(=O)NC2C3CC4CC(C3)CC2C4)cnn1-c1ccc(Cl)c(C(F)(F)F)c1. The molecule has 4 bridgehead atoms. The minimum atomic E-state index is -4.58. The fraction of sp³-hybridized carbons (Fsp3) is 0.600.